The van der Waals surface area contributed by atoms with Gasteiger partial charge in [-0.1, -0.05) is 18.2 Å². The van der Waals surface area contributed by atoms with Crippen molar-refractivity contribution < 1.29 is 9.53 Å². The molecule has 0 bridgehead atoms. The molecule has 1 aliphatic rings. The Labute approximate surface area is 151 Å². The van der Waals surface area contributed by atoms with E-state index in [0.717, 1.165) is 22.9 Å². The third-order valence-corrected chi connectivity index (χ3v) is 4.07. The van der Waals surface area contributed by atoms with Gasteiger partial charge in [0, 0.05) is 23.2 Å². The highest BCUT2D eigenvalue weighted by Crippen LogP contribution is 2.25. The summed E-state index contributed by atoms with van der Waals surface area (Å²) in [6, 6.07) is 19.1. The van der Waals surface area contributed by atoms with Crippen LogP contribution in [0.1, 0.15) is 16.8 Å². The Bertz CT molecular complexity index is 951. The Hall–Kier alpha value is -3.47. The van der Waals surface area contributed by atoms with Crippen molar-refractivity contribution in [1.29, 1.82) is 0 Å². The van der Waals surface area contributed by atoms with Crippen LogP contribution in [0.2, 0.25) is 0 Å². The fraction of sp³-hybridized carbons (Fsp3) is 0.0952. The minimum absolute atomic E-state index is 0.0841. The number of ketones is 1. The predicted octanol–water partition coefficient (Wildman–Crippen LogP) is 4.64. The SMILES string of the molecule is O=C1CC(CNc2ccc(Oc3ccccc3)cc2)=Nc2cnccc21. The van der Waals surface area contributed by atoms with Gasteiger partial charge in [0.25, 0.3) is 0 Å². The molecule has 2 heterocycles. The lowest BCUT2D eigenvalue weighted by molar-refractivity contribution is 0.0999. The number of benzene rings is 2. The number of carbonyl (C=O) groups excluding carboxylic acids is 1. The van der Waals surface area contributed by atoms with Crippen LogP contribution in [0.5, 0.6) is 11.5 Å². The lowest BCUT2D eigenvalue weighted by Gasteiger charge is -2.15. The molecule has 128 valence electrons. The second-order valence-corrected chi connectivity index (χ2v) is 5.96. The number of fused-ring (bicyclic) bond motifs is 1. The van der Waals surface area contributed by atoms with Gasteiger partial charge < -0.3 is 10.1 Å². The van der Waals surface area contributed by atoms with E-state index in [2.05, 4.69) is 15.3 Å². The molecule has 2 aromatic carbocycles. The maximum Gasteiger partial charge on any atom is 0.170 e. The molecule has 0 unspecified atom stereocenters. The number of aromatic nitrogens is 1. The van der Waals surface area contributed by atoms with Crippen molar-refractivity contribution in [2.24, 2.45) is 4.99 Å². The van der Waals surface area contributed by atoms with Gasteiger partial charge in [-0.15, -0.1) is 0 Å². The van der Waals surface area contributed by atoms with Crippen LogP contribution in [0.15, 0.2) is 78.0 Å². The highest BCUT2D eigenvalue weighted by Gasteiger charge is 2.19. The van der Waals surface area contributed by atoms with Crippen LogP contribution < -0.4 is 10.1 Å². The molecule has 4 rings (SSSR count). The van der Waals surface area contributed by atoms with Gasteiger partial charge in [0.2, 0.25) is 0 Å². The first kappa shape index (κ1) is 16.0. The lowest BCUT2D eigenvalue weighted by Crippen LogP contribution is -2.21. The Morgan fingerprint density at radius 2 is 1.73 bits per heavy atom. The van der Waals surface area contributed by atoms with Crippen molar-refractivity contribution in [1.82, 2.24) is 4.98 Å². The van der Waals surface area contributed by atoms with Gasteiger partial charge in [0.15, 0.2) is 5.78 Å². The fourth-order valence-electron chi connectivity index (χ4n) is 2.77. The second kappa shape index (κ2) is 7.19. The molecule has 3 aromatic rings. The molecule has 0 saturated heterocycles. The summed E-state index contributed by atoms with van der Waals surface area (Å²) in [6.45, 7) is 0.513. The van der Waals surface area contributed by atoms with Gasteiger partial charge >= 0.3 is 0 Å². The number of para-hydroxylation sites is 1. The molecule has 1 N–H and O–H groups in total. The van der Waals surface area contributed by atoms with E-state index in [0.29, 0.717) is 24.2 Å². The third kappa shape index (κ3) is 3.62. The summed E-state index contributed by atoms with van der Waals surface area (Å²) < 4.78 is 5.78. The Morgan fingerprint density at radius 3 is 2.54 bits per heavy atom. The van der Waals surface area contributed by atoms with Crippen LogP contribution in [0, 0.1) is 0 Å². The number of ether oxygens (including phenoxy) is 1. The van der Waals surface area contributed by atoms with E-state index in [4.69, 9.17) is 4.74 Å². The fourth-order valence-corrected chi connectivity index (χ4v) is 2.77. The summed E-state index contributed by atoms with van der Waals surface area (Å²) in [5, 5.41) is 3.30. The Morgan fingerprint density at radius 1 is 0.962 bits per heavy atom. The molecule has 0 amide bonds. The molecular formula is C21H17N3O2. The van der Waals surface area contributed by atoms with Crippen molar-refractivity contribution in [3.63, 3.8) is 0 Å². The van der Waals surface area contributed by atoms with Crippen LogP contribution in [-0.4, -0.2) is 23.0 Å². The molecule has 0 atom stereocenters. The molecule has 0 radical (unpaired) electrons. The zero-order valence-corrected chi connectivity index (χ0v) is 14.1. The zero-order valence-electron chi connectivity index (χ0n) is 14.1. The third-order valence-electron chi connectivity index (χ3n) is 4.07. The molecular weight excluding hydrogens is 326 g/mol. The number of pyridine rings is 1. The van der Waals surface area contributed by atoms with Crippen molar-refractivity contribution in [2.75, 3.05) is 11.9 Å². The minimum atomic E-state index is 0.0841. The topological polar surface area (TPSA) is 63.6 Å². The van der Waals surface area contributed by atoms with Gasteiger partial charge in [0.1, 0.15) is 11.5 Å². The maximum absolute atomic E-state index is 12.2. The summed E-state index contributed by atoms with van der Waals surface area (Å²) in [6.07, 6.45) is 3.58. The van der Waals surface area contributed by atoms with E-state index >= 15 is 0 Å². The van der Waals surface area contributed by atoms with Crippen molar-refractivity contribution in [3.05, 3.63) is 78.6 Å². The summed E-state index contributed by atoms with van der Waals surface area (Å²) in [4.78, 5) is 20.7. The predicted molar refractivity (Wildman–Crippen MR) is 102 cm³/mol. The summed E-state index contributed by atoms with van der Waals surface area (Å²) >= 11 is 0. The van der Waals surface area contributed by atoms with E-state index in [1.165, 1.54) is 0 Å². The van der Waals surface area contributed by atoms with E-state index in [1.54, 1.807) is 18.5 Å². The first-order valence-corrected chi connectivity index (χ1v) is 8.38. The molecule has 5 nitrogen and oxygen atoms in total. The van der Waals surface area contributed by atoms with Crippen molar-refractivity contribution in [2.45, 2.75) is 6.42 Å². The van der Waals surface area contributed by atoms with E-state index in [-0.39, 0.29) is 5.78 Å². The van der Waals surface area contributed by atoms with Gasteiger partial charge in [-0.05, 0) is 42.5 Å². The molecule has 0 aliphatic carbocycles. The number of Topliss-reactive ketones (excluding diaryl/α,β-unsaturated/α-hetero) is 1. The Balaban J connectivity index is 1.40. The smallest absolute Gasteiger partial charge is 0.170 e. The minimum Gasteiger partial charge on any atom is -0.457 e. The second-order valence-electron chi connectivity index (χ2n) is 5.96. The van der Waals surface area contributed by atoms with Gasteiger partial charge in [0.05, 0.1) is 24.8 Å². The number of nitrogens with one attached hydrogen (secondary N) is 1. The highest BCUT2D eigenvalue weighted by molar-refractivity contribution is 6.16. The number of hydrogen-bond donors (Lipinski definition) is 1. The average Bonchev–Trinajstić information content (AvgIpc) is 2.68. The standard InChI is InChI=1S/C21H17N3O2/c25-21-12-16(24-20-14-22-11-10-19(20)21)13-23-15-6-8-18(9-7-15)26-17-4-2-1-3-5-17/h1-11,14,23H,12-13H2. The largest absolute Gasteiger partial charge is 0.457 e. The summed E-state index contributed by atoms with van der Waals surface area (Å²) in [7, 11) is 0. The van der Waals surface area contributed by atoms with Gasteiger partial charge in [-0.2, -0.15) is 0 Å². The number of anilines is 1. The average molecular weight is 343 g/mol. The van der Waals surface area contributed by atoms with Crippen molar-refractivity contribution >= 4 is 22.9 Å². The van der Waals surface area contributed by atoms with Crippen LogP contribution in [0.3, 0.4) is 0 Å². The maximum atomic E-state index is 12.2. The number of nitrogens with zero attached hydrogens (tertiary/aromatic N) is 2. The van der Waals surface area contributed by atoms with Gasteiger partial charge in [-0.25, -0.2) is 0 Å². The van der Waals surface area contributed by atoms with E-state index in [9.17, 15) is 4.79 Å². The van der Waals surface area contributed by atoms with Gasteiger partial charge in [-0.3, -0.25) is 14.8 Å². The van der Waals surface area contributed by atoms with Crippen molar-refractivity contribution in [3.8, 4) is 11.5 Å². The number of aliphatic imine (C=N–C) groups is 1. The van der Waals surface area contributed by atoms with Crippen LogP contribution >= 0.6 is 0 Å². The molecule has 26 heavy (non-hydrogen) atoms. The molecule has 5 heteroatoms. The Kier molecular flexibility index (Phi) is 4.43. The molecule has 1 aliphatic heterocycles. The first-order chi connectivity index (χ1) is 12.8. The number of hydrogen-bond acceptors (Lipinski definition) is 5. The number of carbonyl (C=O) groups is 1. The van der Waals surface area contributed by atoms with Crippen LogP contribution in [0.25, 0.3) is 0 Å². The van der Waals surface area contributed by atoms with Crippen LogP contribution in [-0.2, 0) is 0 Å². The quantitative estimate of drug-likeness (QED) is 0.733. The number of rotatable bonds is 5. The van der Waals surface area contributed by atoms with E-state index < -0.39 is 0 Å². The molecule has 0 saturated carbocycles. The summed E-state index contributed by atoms with van der Waals surface area (Å²) in [5.41, 5.74) is 3.04. The molecule has 0 fully saturated rings. The molecule has 0 spiro atoms. The molecule has 1 aromatic heterocycles. The van der Waals surface area contributed by atoms with Crippen LogP contribution in [0.4, 0.5) is 11.4 Å². The summed E-state index contributed by atoms with van der Waals surface area (Å²) in [5.74, 6) is 1.66. The van der Waals surface area contributed by atoms with E-state index in [1.807, 2.05) is 54.6 Å². The lowest BCUT2D eigenvalue weighted by atomic mass is 10.0. The monoisotopic (exact) mass is 343 g/mol. The normalized spacial score (nSPS) is 12.9. The first-order valence-electron chi connectivity index (χ1n) is 8.38. The highest BCUT2D eigenvalue weighted by atomic mass is 16.5. The zero-order chi connectivity index (χ0) is 17.8.